The summed E-state index contributed by atoms with van der Waals surface area (Å²) in [7, 11) is 0. The number of hydrogen-bond acceptors (Lipinski definition) is 6. The summed E-state index contributed by atoms with van der Waals surface area (Å²) < 4.78 is 25.2. The van der Waals surface area contributed by atoms with Gasteiger partial charge in [0.15, 0.2) is 12.4 Å². The summed E-state index contributed by atoms with van der Waals surface area (Å²) in [4.78, 5) is 24.5. The van der Waals surface area contributed by atoms with Crippen molar-refractivity contribution in [2.75, 3.05) is 13.2 Å². The van der Waals surface area contributed by atoms with E-state index in [0.717, 1.165) is 16.8 Å². The highest BCUT2D eigenvalue weighted by Gasteiger charge is 2.57. The normalized spacial score (nSPS) is 33.5. The average molecular weight is 290 g/mol. The SMILES string of the molecule is CCO[C@]1(CO)O[C@@H](n2ccc(=O)[nH]c2=O)[C@@H](F)[C@@H]1O. The topological polar surface area (TPSA) is 114 Å². The number of nitrogens with zero attached hydrogens (tertiary/aromatic N) is 1. The van der Waals surface area contributed by atoms with Crippen LogP contribution in [-0.2, 0) is 9.47 Å². The van der Waals surface area contributed by atoms with E-state index in [2.05, 4.69) is 0 Å². The lowest BCUT2D eigenvalue weighted by molar-refractivity contribution is -0.280. The molecule has 1 aromatic rings. The third kappa shape index (κ3) is 2.29. The van der Waals surface area contributed by atoms with Gasteiger partial charge in [-0.2, -0.15) is 0 Å². The van der Waals surface area contributed by atoms with Crippen LogP contribution in [-0.4, -0.2) is 51.0 Å². The van der Waals surface area contributed by atoms with E-state index in [1.54, 1.807) is 6.92 Å². The molecule has 112 valence electrons. The van der Waals surface area contributed by atoms with Crippen molar-refractivity contribution in [2.45, 2.75) is 31.2 Å². The first-order valence-electron chi connectivity index (χ1n) is 6.01. The molecule has 0 amide bonds. The van der Waals surface area contributed by atoms with E-state index < -0.39 is 42.1 Å². The van der Waals surface area contributed by atoms with Gasteiger partial charge in [0.05, 0.1) is 0 Å². The quantitative estimate of drug-likeness (QED) is 0.621. The summed E-state index contributed by atoms with van der Waals surface area (Å²) in [6, 6.07) is 1.02. The predicted molar refractivity (Wildman–Crippen MR) is 63.8 cm³/mol. The molecule has 8 nitrogen and oxygen atoms in total. The highest BCUT2D eigenvalue weighted by molar-refractivity contribution is 4.97. The van der Waals surface area contributed by atoms with Gasteiger partial charge in [-0.3, -0.25) is 14.3 Å². The molecule has 1 aliphatic rings. The molecule has 0 saturated carbocycles. The summed E-state index contributed by atoms with van der Waals surface area (Å²) in [6.07, 6.45) is -4.23. The van der Waals surface area contributed by atoms with Gasteiger partial charge in [0.25, 0.3) is 5.56 Å². The fraction of sp³-hybridized carbons (Fsp3) is 0.636. The van der Waals surface area contributed by atoms with Crippen LogP contribution in [0.1, 0.15) is 13.2 Å². The second-order valence-corrected chi connectivity index (χ2v) is 4.32. The Hall–Kier alpha value is -1.55. The molecule has 9 heteroatoms. The lowest BCUT2D eigenvalue weighted by Crippen LogP contribution is -2.47. The maximum atomic E-state index is 14.1. The molecular formula is C11H15FN2O6. The largest absolute Gasteiger partial charge is 0.391 e. The predicted octanol–water partition coefficient (Wildman–Crippen LogP) is -1.51. The number of aliphatic hydroxyl groups is 2. The Morgan fingerprint density at radius 2 is 2.30 bits per heavy atom. The number of ether oxygens (including phenoxy) is 2. The van der Waals surface area contributed by atoms with Crippen LogP contribution in [0.5, 0.6) is 0 Å². The van der Waals surface area contributed by atoms with Gasteiger partial charge < -0.3 is 19.7 Å². The van der Waals surface area contributed by atoms with E-state index in [1.807, 2.05) is 4.98 Å². The van der Waals surface area contributed by atoms with Gasteiger partial charge in [0, 0.05) is 18.9 Å². The first-order chi connectivity index (χ1) is 9.45. The van der Waals surface area contributed by atoms with E-state index >= 15 is 0 Å². The van der Waals surface area contributed by atoms with Crippen LogP contribution in [0.4, 0.5) is 4.39 Å². The molecule has 1 fully saturated rings. The van der Waals surface area contributed by atoms with Crippen LogP contribution in [0.15, 0.2) is 21.9 Å². The van der Waals surface area contributed by atoms with Crippen molar-refractivity contribution in [3.63, 3.8) is 0 Å². The highest BCUT2D eigenvalue weighted by atomic mass is 19.1. The van der Waals surface area contributed by atoms with E-state index in [-0.39, 0.29) is 6.61 Å². The lowest BCUT2D eigenvalue weighted by atomic mass is 10.1. The van der Waals surface area contributed by atoms with Crippen LogP contribution in [0, 0.1) is 0 Å². The average Bonchev–Trinajstić information content (AvgIpc) is 2.65. The molecule has 2 heterocycles. The summed E-state index contributed by atoms with van der Waals surface area (Å²) in [5.41, 5.74) is -1.53. The van der Waals surface area contributed by atoms with Gasteiger partial charge in [-0.25, -0.2) is 9.18 Å². The van der Waals surface area contributed by atoms with Crippen LogP contribution >= 0.6 is 0 Å². The first kappa shape index (κ1) is 14.9. The van der Waals surface area contributed by atoms with Gasteiger partial charge >= 0.3 is 5.69 Å². The van der Waals surface area contributed by atoms with Crippen LogP contribution in [0.2, 0.25) is 0 Å². The Balaban J connectivity index is 2.39. The Kier molecular flexibility index (Phi) is 4.04. The Labute approximate surface area is 112 Å². The molecule has 0 aromatic carbocycles. The number of halogens is 1. The number of nitrogens with one attached hydrogen (secondary N) is 1. The summed E-state index contributed by atoms with van der Waals surface area (Å²) in [5.74, 6) is -1.94. The summed E-state index contributed by atoms with van der Waals surface area (Å²) in [6.45, 7) is 0.870. The highest BCUT2D eigenvalue weighted by Crippen LogP contribution is 2.38. The van der Waals surface area contributed by atoms with Crippen LogP contribution < -0.4 is 11.2 Å². The van der Waals surface area contributed by atoms with Gasteiger partial charge in [-0.05, 0) is 6.92 Å². The second-order valence-electron chi connectivity index (χ2n) is 4.32. The zero-order valence-electron chi connectivity index (χ0n) is 10.7. The Bertz CT molecular complexity index is 587. The number of alkyl halides is 1. The smallest absolute Gasteiger partial charge is 0.330 e. The maximum absolute atomic E-state index is 14.1. The monoisotopic (exact) mass is 290 g/mol. The first-order valence-corrected chi connectivity index (χ1v) is 6.01. The van der Waals surface area contributed by atoms with E-state index in [1.165, 1.54) is 0 Å². The molecule has 0 radical (unpaired) electrons. The molecule has 0 bridgehead atoms. The van der Waals surface area contributed by atoms with Crippen molar-refractivity contribution in [3.05, 3.63) is 33.1 Å². The molecule has 4 atom stereocenters. The fourth-order valence-corrected chi connectivity index (χ4v) is 2.12. The molecular weight excluding hydrogens is 275 g/mol. The van der Waals surface area contributed by atoms with Crippen molar-refractivity contribution in [1.82, 2.24) is 9.55 Å². The van der Waals surface area contributed by atoms with E-state index in [4.69, 9.17) is 9.47 Å². The third-order valence-electron chi connectivity index (χ3n) is 3.08. The van der Waals surface area contributed by atoms with Crippen molar-refractivity contribution >= 4 is 0 Å². The molecule has 0 spiro atoms. The number of rotatable bonds is 4. The minimum Gasteiger partial charge on any atom is -0.391 e. The molecule has 20 heavy (non-hydrogen) atoms. The summed E-state index contributed by atoms with van der Waals surface area (Å²) >= 11 is 0. The molecule has 1 aromatic heterocycles. The Morgan fingerprint density at radius 1 is 1.60 bits per heavy atom. The lowest BCUT2D eigenvalue weighted by Gasteiger charge is -2.29. The standard InChI is InChI=1S/C11H15FN2O6/c1-2-19-11(5-15)8(17)7(12)9(20-11)14-4-3-6(16)13-10(14)18/h3-4,7-9,15,17H,2,5H2,1H3,(H,13,16,18)/t7-,8-,9+,11+/m0/s1. The maximum Gasteiger partial charge on any atom is 0.330 e. The second kappa shape index (κ2) is 5.44. The Morgan fingerprint density at radius 3 is 2.85 bits per heavy atom. The van der Waals surface area contributed by atoms with Gasteiger partial charge in [-0.15, -0.1) is 0 Å². The van der Waals surface area contributed by atoms with Crippen LogP contribution in [0.3, 0.4) is 0 Å². The molecule has 3 N–H and O–H groups in total. The fourth-order valence-electron chi connectivity index (χ4n) is 2.12. The molecule has 1 aliphatic heterocycles. The minimum atomic E-state index is -2.00. The zero-order valence-corrected chi connectivity index (χ0v) is 10.7. The number of aliphatic hydroxyl groups excluding tert-OH is 2. The van der Waals surface area contributed by atoms with Crippen molar-refractivity contribution in [3.8, 4) is 0 Å². The molecule has 0 unspecified atom stereocenters. The minimum absolute atomic E-state index is 0.0670. The van der Waals surface area contributed by atoms with E-state index in [9.17, 15) is 24.2 Å². The van der Waals surface area contributed by atoms with Gasteiger partial charge in [0.2, 0.25) is 5.79 Å². The zero-order chi connectivity index (χ0) is 14.9. The van der Waals surface area contributed by atoms with Crippen molar-refractivity contribution in [2.24, 2.45) is 0 Å². The van der Waals surface area contributed by atoms with E-state index in [0.29, 0.717) is 0 Å². The number of aromatic amines is 1. The van der Waals surface area contributed by atoms with Gasteiger partial charge in [-0.1, -0.05) is 0 Å². The third-order valence-corrected chi connectivity index (χ3v) is 3.08. The molecule has 2 rings (SSSR count). The number of aromatic nitrogens is 2. The molecule has 1 saturated heterocycles. The van der Waals surface area contributed by atoms with Gasteiger partial charge in [0.1, 0.15) is 12.7 Å². The van der Waals surface area contributed by atoms with Crippen molar-refractivity contribution < 1.29 is 24.1 Å². The van der Waals surface area contributed by atoms with Crippen molar-refractivity contribution in [1.29, 1.82) is 0 Å². The van der Waals surface area contributed by atoms with Crippen LogP contribution in [0.25, 0.3) is 0 Å². The number of H-pyrrole nitrogens is 1. The summed E-state index contributed by atoms with van der Waals surface area (Å²) in [5, 5.41) is 19.1. The molecule has 0 aliphatic carbocycles. The number of hydrogen-bond donors (Lipinski definition) is 3.